The average Bonchev–Trinajstić information content (AvgIpc) is 3.29. The number of anilines is 1. The molecule has 2 heterocycles. The van der Waals surface area contributed by atoms with E-state index in [1.165, 1.54) is 0 Å². The predicted octanol–water partition coefficient (Wildman–Crippen LogP) is 5.13. The molecule has 162 valence electrons. The number of nitrogens with one attached hydrogen (secondary N) is 2. The fourth-order valence-corrected chi connectivity index (χ4v) is 5.66. The summed E-state index contributed by atoms with van der Waals surface area (Å²) in [5.41, 5.74) is 2.29. The van der Waals surface area contributed by atoms with Gasteiger partial charge in [0.25, 0.3) is 0 Å². The van der Waals surface area contributed by atoms with Gasteiger partial charge in [-0.25, -0.2) is 0 Å². The predicted molar refractivity (Wildman–Crippen MR) is 127 cm³/mol. The first-order valence-electron chi connectivity index (χ1n) is 11.3. The SMILES string of the molecule is CC(C)C[C@@H]1N[C@@]2(C(=O)Nc3ccccc32)[C@H](C(=O)c2ccccc2)[C@@H]1c1ccccc1. The molecule has 0 saturated carbocycles. The molecular formula is C28H28N2O2. The number of hydrogen-bond acceptors (Lipinski definition) is 3. The number of rotatable bonds is 5. The quantitative estimate of drug-likeness (QED) is 0.558. The Balaban J connectivity index is 1.74. The van der Waals surface area contributed by atoms with Crippen molar-refractivity contribution >= 4 is 17.4 Å². The van der Waals surface area contributed by atoms with Crippen LogP contribution in [0, 0.1) is 11.8 Å². The summed E-state index contributed by atoms with van der Waals surface area (Å²) in [5, 5.41) is 6.78. The third-order valence-corrected chi connectivity index (χ3v) is 6.88. The molecule has 3 aromatic rings. The number of carbonyl (C=O) groups is 2. The summed E-state index contributed by atoms with van der Waals surface area (Å²) >= 11 is 0. The number of Topliss-reactive ketones (excluding diaryl/α,β-unsaturated/α-hetero) is 1. The fourth-order valence-electron chi connectivity index (χ4n) is 5.66. The van der Waals surface area contributed by atoms with Crippen LogP contribution < -0.4 is 10.6 Å². The molecule has 2 N–H and O–H groups in total. The van der Waals surface area contributed by atoms with Crippen molar-refractivity contribution in [3.63, 3.8) is 0 Å². The second-order valence-electron chi connectivity index (χ2n) is 9.33. The van der Waals surface area contributed by atoms with Gasteiger partial charge in [-0.3, -0.25) is 14.9 Å². The highest BCUT2D eigenvalue weighted by Crippen LogP contribution is 2.54. The minimum Gasteiger partial charge on any atom is -0.324 e. The van der Waals surface area contributed by atoms with E-state index in [9.17, 15) is 9.59 Å². The summed E-state index contributed by atoms with van der Waals surface area (Å²) < 4.78 is 0. The molecule has 1 fully saturated rings. The van der Waals surface area contributed by atoms with Crippen molar-refractivity contribution in [3.05, 3.63) is 102 Å². The minimum absolute atomic E-state index is 0.00469. The fraction of sp³-hybridized carbons (Fsp3) is 0.286. The van der Waals surface area contributed by atoms with Gasteiger partial charge in [0.15, 0.2) is 5.78 Å². The Morgan fingerprint density at radius 3 is 2.22 bits per heavy atom. The molecule has 4 heteroatoms. The summed E-state index contributed by atoms with van der Waals surface area (Å²) in [5.74, 6) is -0.394. The van der Waals surface area contributed by atoms with Gasteiger partial charge in [-0.05, 0) is 24.0 Å². The highest BCUT2D eigenvalue weighted by molar-refractivity contribution is 6.12. The van der Waals surface area contributed by atoms with E-state index in [0.29, 0.717) is 11.5 Å². The summed E-state index contributed by atoms with van der Waals surface area (Å²) in [7, 11) is 0. The molecule has 1 amide bonds. The van der Waals surface area contributed by atoms with Gasteiger partial charge in [-0.2, -0.15) is 0 Å². The third kappa shape index (κ3) is 3.18. The highest BCUT2D eigenvalue weighted by atomic mass is 16.2. The lowest BCUT2D eigenvalue weighted by molar-refractivity contribution is -0.122. The van der Waals surface area contributed by atoms with Crippen LogP contribution in [0.4, 0.5) is 5.69 Å². The molecule has 2 aliphatic heterocycles. The summed E-state index contributed by atoms with van der Waals surface area (Å²) in [6.07, 6.45) is 0.870. The van der Waals surface area contributed by atoms with Gasteiger partial charge in [0.2, 0.25) is 5.91 Å². The van der Waals surface area contributed by atoms with E-state index in [1.807, 2.05) is 72.8 Å². The molecule has 1 spiro atoms. The van der Waals surface area contributed by atoms with Crippen LogP contribution >= 0.6 is 0 Å². The van der Waals surface area contributed by atoms with E-state index in [0.717, 1.165) is 23.2 Å². The smallest absolute Gasteiger partial charge is 0.250 e. The normalized spacial score (nSPS) is 26.3. The lowest BCUT2D eigenvalue weighted by Gasteiger charge is -2.31. The first-order valence-corrected chi connectivity index (χ1v) is 11.3. The maximum absolute atomic E-state index is 14.2. The first-order chi connectivity index (χ1) is 15.5. The second kappa shape index (κ2) is 8.03. The van der Waals surface area contributed by atoms with E-state index in [-0.39, 0.29) is 23.7 Å². The van der Waals surface area contributed by atoms with Crippen LogP contribution in [0.25, 0.3) is 0 Å². The molecule has 32 heavy (non-hydrogen) atoms. The largest absolute Gasteiger partial charge is 0.324 e. The van der Waals surface area contributed by atoms with Gasteiger partial charge in [-0.15, -0.1) is 0 Å². The maximum atomic E-state index is 14.2. The van der Waals surface area contributed by atoms with Gasteiger partial charge >= 0.3 is 0 Å². The lowest BCUT2D eigenvalue weighted by Crippen LogP contribution is -2.51. The van der Waals surface area contributed by atoms with Crippen LogP contribution in [0.15, 0.2) is 84.9 Å². The molecular weight excluding hydrogens is 396 g/mol. The van der Waals surface area contributed by atoms with E-state index in [4.69, 9.17) is 0 Å². The standard InChI is InChI=1S/C28H28N2O2/c1-18(2)17-23-24(19-11-5-3-6-12-19)25(26(31)20-13-7-4-8-14-20)28(30-23)21-15-9-10-16-22(21)29-27(28)32/h3-16,18,23-25,30H,17H2,1-2H3,(H,29,32)/t23-,24+,25-,28+/m0/s1. The number of benzene rings is 3. The molecule has 0 bridgehead atoms. The second-order valence-corrected chi connectivity index (χ2v) is 9.33. The van der Waals surface area contributed by atoms with Crippen molar-refractivity contribution in [1.82, 2.24) is 5.32 Å². The van der Waals surface area contributed by atoms with Gasteiger partial charge < -0.3 is 5.32 Å². The summed E-state index contributed by atoms with van der Waals surface area (Å²) in [4.78, 5) is 27.8. The van der Waals surface area contributed by atoms with Crippen LogP contribution in [0.1, 0.15) is 47.7 Å². The molecule has 0 unspecified atom stereocenters. The zero-order valence-corrected chi connectivity index (χ0v) is 18.4. The van der Waals surface area contributed by atoms with Crippen LogP contribution in [0.3, 0.4) is 0 Å². The average molecular weight is 425 g/mol. The number of amides is 1. The zero-order valence-electron chi connectivity index (χ0n) is 18.4. The van der Waals surface area contributed by atoms with Crippen LogP contribution in [0.5, 0.6) is 0 Å². The summed E-state index contributed by atoms with van der Waals surface area (Å²) in [6, 6.07) is 27.3. The molecule has 2 aliphatic rings. The monoisotopic (exact) mass is 424 g/mol. The molecule has 1 saturated heterocycles. The Labute approximate surface area is 189 Å². The lowest BCUT2D eigenvalue weighted by atomic mass is 9.69. The minimum atomic E-state index is -1.09. The molecule has 4 nitrogen and oxygen atoms in total. The van der Waals surface area contributed by atoms with E-state index < -0.39 is 11.5 Å². The zero-order chi connectivity index (χ0) is 22.3. The van der Waals surface area contributed by atoms with Crippen molar-refractivity contribution < 1.29 is 9.59 Å². The molecule has 4 atom stereocenters. The van der Waals surface area contributed by atoms with Gasteiger partial charge in [0.1, 0.15) is 5.54 Å². The van der Waals surface area contributed by atoms with E-state index >= 15 is 0 Å². The Bertz CT molecular complexity index is 1140. The number of ketones is 1. The molecule has 0 radical (unpaired) electrons. The van der Waals surface area contributed by atoms with E-state index in [2.05, 4.69) is 36.6 Å². The van der Waals surface area contributed by atoms with Crippen LogP contribution in [-0.4, -0.2) is 17.7 Å². The topological polar surface area (TPSA) is 58.2 Å². The Morgan fingerprint density at radius 2 is 1.53 bits per heavy atom. The third-order valence-electron chi connectivity index (χ3n) is 6.88. The number of para-hydroxylation sites is 1. The van der Waals surface area contributed by atoms with Crippen molar-refractivity contribution in [2.45, 2.75) is 37.8 Å². The first kappa shape index (κ1) is 20.7. The van der Waals surface area contributed by atoms with Gasteiger partial charge in [0.05, 0.1) is 5.92 Å². The number of fused-ring (bicyclic) bond motifs is 2. The van der Waals surface area contributed by atoms with Crippen molar-refractivity contribution in [1.29, 1.82) is 0 Å². The Kier molecular flexibility index (Phi) is 5.18. The summed E-state index contributed by atoms with van der Waals surface area (Å²) in [6.45, 7) is 4.37. The van der Waals surface area contributed by atoms with Crippen molar-refractivity contribution in [2.24, 2.45) is 11.8 Å². The molecule has 0 aromatic heterocycles. The van der Waals surface area contributed by atoms with E-state index in [1.54, 1.807) is 0 Å². The van der Waals surface area contributed by atoms with Crippen LogP contribution in [-0.2, 0) is 10.3 Å². The number of carbonyl (C=O) groups excluding carboxylic acids is 2. The van der Waals surface area contributed by atoms with Crippen LogP contribution in [0.2, 0.25) is 0 Å². The van der Waals surface area contributed by atoms with Crippen molar-refractivity contribution in [3.8, 4) is 0 Å². The molecule has 3 aromatic carbocycles. The molecule has 5 rings (SSSR count). The van der Waals surface area contributed by atoms with Gasteiger partial charge in [-0.1, -0.05) is 92.7 Å². The number of hydrogen-bond donors (Lipinski definition) is 2. The Hall–Kier alpha value is -3.24. The van der Waals surface area contributed by atoms with Crippen molar-refractivity contribution in [2.75, 3.05) is 5.32 Å². The van der Waals surface area contributed by atoms with Gasteiger partial charge in [0, 0.05) is 28.8 Å². The maximum Gasteiger partial charge on any atom is 0.250 e. The Morgan fingerprint density at radius 1 is 0.906 bits per heavy atom. The highest BCUT2D eigenvalue weighted by Gasteiger charge is 2.64. The molecule has 0 aliphatic carbocycles.